The van der Waals surface area contributed by atoms with Gasteiger partial charge in [0.25, 0.3) is 11.8 Å². The fourth-order valence-electron chi connectivity index (χ4n) is 2.00. The third-order valence-corrected chi connectivity index (χ3v) is 4.17. The number of thiophene rings is 1. The van der Waals surface area contributed by atoms with Gasteiger partial charge in [0.1, 0.15) is 17.1 Å². The molecule has 2 rings (SSSR count). The second kappa shape index (κ2) is 8.82. The third kappa shape index (κ3) is 4.94. The Hall–Kier alpha value is -3.12. The number of rotatable bonds is 7. The Balaban J connectivity index is 1.90. The van der Waals surface area contributed by atoms with Crippen molar-refractivity contribution in [1.82, 2.24) is 5.32 Å². The van der Waals surface area contributed by atoms with Crippen LogP contribution in [0.25, 0.3) is 0 Å². The lowest BCUT2D eigenvalue weighted by molar-refractivity contribution is -0.150. The van der Waals surface area contributed by atoms with Crippen molar-refractivity contribution in [2.45, 2.75) is 19.9 Å². The molecule has 1 atom stereocenters. The molecule has 2 N–H and O–H groups in total. The molecule has 9 heteroatoms. The Morgan fingerprint density at radius 3 is 2.73 bits per heavy atom. The van der Waals surface area contributed by atoms with E-state index in [2.05, 4.69) is 10.6 Å². The first-order valence-electron chi connectivity index (χ1n) is 7.70. The fourth-order valence-corrected chi connectivity index (χ4v) is 2.75. The number of furan rings is 1. The summed E-state index contributed by atoms with van der Waals surface area (Å²) in [5, 5.41) is 16.0. The van der Waals surface area contributed by atoms with E-state index in [-0.39, 0.29) is 11.7 Å². The summed E-state index contributed by atoms with van der Waals surface area (Å²) < 4.78 is 9.97. The molecule has 0 radical (unpaired) electrons. The molecule has 0 fully saturated rings. The molecule has 0 saturated heterocycles. The number of carbonyl (C=O) groups is 3. The van der Waals surface area contributed by atoms with E-state index >= 15 is 0 Å². The quantitative estimate of drug-likeness (QED) is 0.715. The smallest absolute Gasteiger partial charge is 0.329 e. The van der Waals surface area contributed by atoms with Gasteiger partial charge < -0.3 is 19.8 Å². The van der Waals surface area contributed by atoms with Crippen molar-refractivity contribution in [3.63, 3.8) is 0 Å². The van der Waals surface area contributed by atoms with Crippen molar-refractivity contribution in [2.24, 2.45) is 5.92 Å². The SMILES string of the molecule is CC(C)[C@H](NC(=O)c1ccco1)C(=O)OCC(=O)Nc1sccc1C#N. The zero-order chi connectivity index (χ0) is 19.1. The molecule has 0 aliphatic carbocycles. The number of nitrogens with zero attached hydrogens (tertiary/aromatic N) is 1. The van der Waals surface area contributed by atoms with E-state index in [0.29, 0.717) is 10.6 Å². The Kier molecular flexibility index (Phi) is 6.52. The molecule has 0 aromatic carbocycles. The van der Waals surface area contributed by atoms with Crippen LogP contribution in [0.1, 0.15) is 30.0 Å². The predicted octanol–water partition coefficient (Wildman–Crippen LogP) is 2.15. The second-order valence-corrected chi connectivity index (χ2v) is 6.52. The maximum absolute atomic E-state index is 12.2. The molecule has 0 aliphatic rings. The van der Waals surface area contributed by atoms with Crippen molar-refractivity contribution >= 4 is 34.1 Å². The molecule has 8 nitrogen and oxygen atoms in total. The summed E-state index contributed by atoms with van der Waals surface area (Å²) in [6, 6.07) is 5.62. The molecule has 2 aromatic rings. The number of nitrogens with one attached hydrogen (secondary N) is 2. The van der Waals surface area contributed by atoms with Crippen LogP contribution in [0.5, 0.6) is 0 Å². The highest BCUT2D eigenvalue weighted by molar-refractivity contribution is 7.14. The molecule has 0 unspecified atom stereocenters. The van der Waals surface area contributed by atoms with Crippen molar-refractivity contribution in [3.05, 3.63) is 41.2 Å². The summed E-state index contributed by atoms with van der Waals surface area (Å²) in [6.45, 7) is 2.94. The minimum atomic E-state index is -0.934. The number of hydrogen-bond acceptors (Lipinski definition) is 7. The topological polar surface area (TPSA) is 121 Å². The average Bonchev–Trinajstić information content (AvgIpc) is 3.28. The molecule has 26 heavy (non-hydrogen) atoms. The van der Waals surface area contributed by atoms with Gasteiger partial charge in [-0.1, -0.05) is 13.8 Å². The van der Waals surface area contributed by atoms with Gasteiger partial charge in [0, 0.05) is 0 Å². The van der Waals surface area contributed by atoms with Crippen molar-refractivity contribution in [3.8, 4) is 6.07 Å². The number of anilines is 1. The van der Waals surface area contributed by atoms with Gasteiger partial charge in [-0.3, -0.25) is 9.59 Å². The molecule has 136 valence electrons. The van der Waals surface area contributed by atoms with Gasteiger partial charge in [-0.05, 0) is 29.5 Å². The molecule has 0 spiro atoms. The van der Waals surface area contributed by atoms with Crippen LogP contribution in [0.4, 0.5) is 5.00 Å². The monoisotopic (exact) mass is 375 g/mol. The first kappa shape index (κ1) is 19.2. The van der Waals surface area contributed by atoms with Gasteiger partial charge in [0.15, 0.2) is 12.4 Å². The van der Waals surface area contributed by atoms with Crippen molar-refractivity contribution in [2.75, 3.05) is 11.9 Å². The van der Waals surface area contributed by atoms with E-state index in [0.717, 1.165) is 0 Å². The number of ether oxygens (including phenoxy) is 1. The zero-order valence-corrected chi connectivity index (χ0v) is 15.0. The Labute approximate surface area is 153 Å². The predicted molar refractivity (Wildman–Crippen MR) is 93.4 cm³/mol. The minimum Gasteiger partial charge on any atom is -0.459 e. The van der Waals surface area contributed by atoms with E-state index in [1.165, 1.54) is 23.7 Å². The Bertz CT molecular complexity index is 820. The van der Waals surface area contributed by atoms with Crippen LogP contribution < -0.4 is 10.6 Å². The van der Waals surface area contributed by atoms with E-state index in [1.54, 1.807) is 31.4 Å². The summed E-state index contributed by atoms with van der Waals surface area (Å²) in [7, 11) is 0. The van der Waals surface area contributed by atoms with Crippen molar-refractivity contribution < 1.29 is 23.5 Å². The fraction of sp³-hybridized carbons (Fsp3) is 0.294. The first-order chi connectivity index (χ1) is 12.4. The normalized spacial score (nSPS) is 11.5. The number of hydrogen-bond donors (Lipinski definition) is 2. The largest absolute Gasteiger partial charge is 0.459 e. The van der Waals surface area contributed by atoms with E-state index in [9.17, 15) is 14.4 Å². The van der Waals surface area contributed by atoms with Gasteiger partial charge in [-0.25, -0.2) is 4.79 Å². The van der Waals surface area contributed by atoms with Crippen LogP contribution in [0.2, 0.25) is 0 Å². The molecule has 0 bridgehead atoms. The lowest BCUT2D eigenvalue weighted by Gasteiger charge is -2.20. The maximum atomic E-state index is 12.2. The highest BCUT2D eigenvalue weighted by atomic mass is 32.1. The summed E-state index contributed by atoms with van der Waals surface area (Å²) in [6.07, 6.45) is 1.35. The Morgan fingerprint density at radius 2 is 2.12 bits per heavy atom. The molecule has 2 amide bonds. The molecule has 2 heterocycles. The molecular weight excluding hydrogens is 358 g/mol. The third-order valence-electron chi connectivity index (χ3n) is 3.34. The highest BCUT2D eigenvalue weighted by Gasteiger charge is 2.27. The Morgan fingerprint density at radius 1 is 1.35 bits per heavy atom. The maximum Gasteiger partial charge on any atom is 0.329 e. The number of carbonyl (C=O) groups excluding carboxylic acids is 3. The standard InChI is InChI=1S/C17H17N3O5S/c1-10(2)14(20-15(22)12-4-3-6-24-12)17(23)25-9-13(21)19-16-11(8-18)5-7-26-16/h3-7,10,14H,9H2,1-2H3,(H,19,21)(H,20,22)/t14-/m0/s1. The van der Waals surface area contributed by atoms with Gasteiger partial charge in [0.05, 0.1) is 11.8 Å². The molecule has 2 aromatic heterocycles. The van der Waals surface area contributed by atoms with Crippen LogP contribution in [0, 0.1) is 17.2 Å². The minimum absolute atomic E-state index is 0.0721. The van der Waals surface area contributed by atoms with Gasteiger partial charge >= 0.3 is 5.97 Å². The van der Waals surface area contributed by atoms with Gasteiger partial charge in [0.2, 0.25) is 0 Å². The lowest BCUT2D eigenvalue weighted by Crippen LogP contribution is -2.45. The second-order valence-electron chi connectivity index (χ2n) is 5.60. The van der Waals surface area contributed by atoms with Crippen LogP contribution in [-0.2, 0) is 14.3 Å². The molecule has 0 aliphatic heterocycles. The van der Waals surface area contributed by atoms with Gasteiger partial charge in [-0.2, -0.15) is 5.26 Å². The zero-order valence-electron chi connectivity index (χ0n) is 14.1. The van der Waals surface area contributed by atoms with E-state index < -0.39 is 30.4 Å². The van der Waals surface area contributed by atoms with E-state index in [1.807, 2.05) is 6.07 Å². The van der Waals surface area contributed by atoms with Crippen LogP contribution in [-0.4, -0.2) is 30.4 Å². The summed E-state index contributed by atoms with van der Waals surface area (Å²) in [5.74, 6) is -2.04. The number of nitriles is 1. The van der Waals surface area contributed by atoms with Crippen LogP contribution in [0.3, 0.4) is 0 Å². The summed E-state index contributed by atoms with van der Waals surface area (Å²) >= 11 is 1.19. The lowest BCUT2D eigenvalue weighted by atomic mass is 10.0. The van der Waals surface area contributed by atoms with Gasteiger partial charge in [-0.15, -0.1) is 11.3 Å². The number of amides is 2. The summed E-state index contributed by atoms with van der Waals surface area (Å²) in [5.41, 5.74) is 0.334. The van der Waals surface area contributed by atoms with Crippen LogP contribution >= 0.6 is 11.3 Å². The van der Waals surface area contributed by atoms with Crippen LogP contribution in [0.15, 0.2) is 34.3 Å². The van der Waals surface area contributed by atoms with E-state index in [4.69, 9.17) is 14.4 Å². The highest BCUT2D eigenvalue weighted by Crippen LogP contribution is 2.21. The average molecular weight is 375 g/mol. The van der Waals surface area contributed by atoms with Crippen molar-refractivity contribution in [1.29, 1.82) is 5.26 Å². The molecule has 0 saturated carbocycles. The number of esters is 1. The first-order valence-corrected chi connectivity index (χ1v) is 8.58. The summed E-state index contributed by atoms with van der Waals surface area (Å²) in [4.78, 5) is 36.1. The molecular formula is C17H17N3O5S.